The number of hydrogen-bond donors (Lipinski definition) is 1. The van der Waals surface area contributed by atoms with Crippen molar-refractivity contribution in [1.29, 1.82) is 0 Å². The summed E-state index contributed by atoms with van der Waals surface area (Å²) in [6, 6.07) is 0. The molecule has 0 aromatic carbocycles. The van der Waals surface area contributed by atoms with Crippen molar-refractivity contribution >= 4 is 11.6 Å². The van der Waals surface area contributed by atoms with Gasteiger partial charge in [0.25, 0.3) is 0 Å². The van der Waals surface area contributed by atoms with Crippen molar-refractivity contribution in [3.05, 3.63) is 24.3 Å². The zero-order valence-electron chi connectivity index (χ0n) is 10.2. The van der Waals surface area contributed by atoms with Crippen molar-refractivity contribution in [3.63, 3.8) is 0 Å². The van der Waals surface area contributed by atoms with E-state index in [-0.39, 0.29) is 22.3 Å². The van der Waals surface area contributed by atoms with Gasteiger partial charge in [-0.2, -0.15) is 0 Å². The van der Waals surface area contributed by atoms with Crippen molar-refractivity contribution in [2.75, 3.05) is 0 Å². The van der Waals surface area contributed by atoms with E-state index in [4.69, 9.17) is 11.6 Å². The van der Waals surface area contributed by atoms with E-state index < -0.39 is 0 Å². The molecule has 0 aromatic heterocycles. The Morgan fingerprint density at radius 3 is 2.69 bits per heavy atom. The smallest absolute Gasteiger partial charge is 0.0582 e. The van der Waals surface area contributed by atoms with Gasteiger partial charge in [0.05, 0.1) is 11.5 Å². The molecule has 0 aromatic rings. The Morgan fingerprint density at radius 2 is 2.12 bits per heavy atom. The molecular formula is C14H21ClO. The molecule has 0 aliphatic heterocycles. The van der Waals surface area contributed by atoms with Crippen LogP contribution in [0.15, 0.2) is 24.3 Å². The van der Waals surface area contributed by atoms with Crippen LogP contribution in [0.3, 0.4) is 0 Å². The lowest BCUT2D eigenvalue weighted by molar-refractivity contribution is -0.00826. The lowest BCUT2D eigenvalue weighted by Crippen LogP contribution is -2.48. The second-order valence-corrected chi connectivity index (χ2v) is 6.54. The topological polar surface area (TPSA) is 20.2 Å². The van der Waals surface area contributed by atoms with Gasteiger partial charge in [0.15, 0.2) is 0 Å². The Labute approximate surface area is 103 Å². The monoisotopic (exact) mass is 240 g/mol. The summed E-state index contributed by atoms with van der Waals surface area (Å²) in [6.45, 7) is 8.70. The molecule has 90 valence electrons. The molecule has 1 nitrogen and oxygen atoms in total. The minimum atomic E-state index is -0.229. The molecule has 0 heterocycles. The summed E-state index contributed by atoms with van der Waals surface area (Å²) < 4.78 is 0. The van der Waals surface area contributed by atoms with E-state index in [0.717, 1.165) is 25.7 Å². The van der Waals surface area contributed by atoms with E-state index in [2.05, 4.69) is 32.6 Å². The quantitative estimate of drug-likeness (QED) is 0.506. The minimum Gasteiger partial charge on any atom is -0.393 e. The summed E-state index contributed by atoms with van der Waals surface area (Å²) in [5.74, 6) is 0. The fourth-order valence-electron chi connectivity index (χ4n) is 3.56. The molecule has 0 radical (unpaired) electrons. The molecule has 2 aliphatic rings. The van der Waals surface area contributed by atoms with Crippen LogP contribution in [0.2, 0.25) is 0 Å². The maximum absolute atomic E-state index is 9.88. The van der Waals surface area contributed by atoms with Gasteiger partial charge in [-0.25, -0.2) is 0 Å². The summed E-state index contributed by atoms with van der Waals surface area (Å²) >= 11 is 6.28. The van der Waals surface area contributed by atoms with Crippen molar-refractivity contribution in [1.82, 2.24) is 0 Å². The first kappa shape index (κ1) is 12.2. The van der Waals surface area contributed by atoms with Crippen molar-refractivity contribution in [3.8, 4) is 0 Å². The van der Waals surface area contributed by atoms with Crippen molar-refractivity contribution in [2.45, 2.75) is 51.0 Å². The Hall–Kier alpha value is -0.270. The van der Waals surface area contributed by atoms with Crippen LogP contribution in [0, 0.1) is 10.8 Å². The van der Waals surface area contributed by atoms with E-state index >= 15 is 0 Å². The van der Waals surface area contributed by atoms with E-state index in [1.807, 2.05) is 0 Å². The molecule has 0 saturated heterocycles. The second-order valence-electron chi connectivity index (χ2n) is 5.98. The molecule has 3 atom stereocenters. The SMILES string of the molecule is C=C1CC(O)CC(C)(C)C12CC=CC(Cl)C2. The van der Waals surface area contributed by atoms with Crippen LogP contribution < -0.4 is 0 Å². The normalized spacial score (nSPS) is 42.6. The van der Waals surface area contributed by atoms with Gasteiger partial charge in [-0.3, -0.25) is 0 Å². The zero-order valence-corrected chi connectivity index (χ0v) is 10.9. The Balaban J connectivity index is 2.37. The van der Waals surface area contributed by atoms with Gasteiger partial charge in [0.1, 0.15) is 0 Å². The average Bonchev–Trinajstić information content (AvgIpc) is 2.14. The van der Waals surface area contributed by atoms with Crippen LogP contribution in [-0.4, -0.2) is 16.6 Å². The molecule has 3 unspecified atom stereocenters. The third kappa shape index (κ3) is 1.74. The van der Waals surface area contributed by atoms with Crippen molar-refractivity contribution < 1.29 is 5.11 Å². The standard InChI is InChI=1S/C14H21ClO/c1-10-7-12(16)9-13(2,3)14(10)6-4-5-11(15)8-14/h4-5,11-12,16H,1,6-9H2,2-3H3. The number of hydrogen-bond acceptors (Lipinski definition) is 1. The number of halogens is 1. The van der Waals surface area contributed by atoms with E-state index in [0.29, 0.717) is 0 Å². The predicted molar refractivity (Wildman–Crippen MR) is 68.6 cm³/mol. The highest BCUT2D eigenvalue weighted by Gasteiger charge is 2.51. The lowest BCUT2D eigenvalue weighted by Gasteiger charge is -2.54. The number of aliphatic hydroxyl groups excluding tert-OH is 1. The van der Waals surface area contributed by atoms with Crippen LogP contribution in [0.5, 0.6) is 0 Å². The molecule has 2 heteroatoms. The summed E-state index contributed by atoms with van der Waals surface area (Å²) in [4.78, 5) is 0. The maximum Gasteiger partial charge on any atom is 0.0582 e. The third-order valence-corrected chi connectivity index (χ3v) is 4.85. The van der Waals surface area contributed by atoms with E-state index in [1.54, 1.807) is 0 Å². The molecule has 1 saturated carbocycles. The van der Waals surface area contributed by atoms with Crippen LogP contribution in [0.25, 0.3) is 0 Å². The Kier molecular flexibility index (Phi) is 2.96. The van der Waals surface area contributed by atoms with E-state index in [9.17, 15) is 5.11 Å². The Morgan fingerprint density at radius 1 is 1.44 bits per heavy atom. The molecule has 16 heavy (non-hydrogen) atoms. The van der Waals surface area contributed by atoms with Crippen LogP contribution in [0.4, 0.5) is 0 Å². The number of alkyl halides is 1. The van der Waals surface area contributed by atoms with Gasteiger partial charge >= 0.3 is 0 Å². The van der Waals surface area contributed by atoms with Crippen LogP contribution in [-0.2, 0) is 0 Å². The summed E-state index contributed by atoms with van der Waals surface area (Å²) in [5.41, 5.74) is 1.36. The number of rotatable bonds is 0. The first-order valence-electron chi connectivity index (χ1n) is 6.04. The first-order valence-corrected chi connectivity index (χ1v) is 6.48. The summed E-state index contributed by atoms with van der Waals surface area (Å²) in [6.07, 6.45) is 7.61. The van der Waals surface area contributed by atoms with Gasteiger partial charge in [0, 0.05) is 5.41 Å². The highest BCUT2D eigenvalue weighted by atomic mass is 35.5. The first-order chi connectivity index (χ1) is 7.37. The molecule has 0 bridgehead atoms. The predicted octanol–water partition coefficient (Wildman–Crippen LogP) is 3.67. The molecular weight excluding hydrogens is 220 g/mol. The van der Waals surface area contributed by atoms with Gasteiger partial charge in [-0.1, -0.05) is 38.2 Å². The van der Waals surface area contributed by atoms with E-state index in [1.165, 1.54) is 5.57 Å². The highest BCUT2D eigenvalue weighted by molar-refractivity contribution is 6.21. The van der Waals surface area contributed by atoms with Crippen molar-refractivity contribution in [2.24, 2.45) is 10.8 Å². The van der Waals surface area contributed by atoms with Crippen LogP contribution >= 0.6 is 11.6 Å². The van der Waals surface area contributed by atoms with Gasteiger partial charge < -0.3 is 5.11 Å². The maximum atomic E-state index is 9.88. The number of aliphatic hydroxyl groups is 1. The second kappa shape index (κ2) is 3.89. The largest absolute Gasteiger partial charge is 0.393 e. The molecule has 1 N–H and O–H groups in total. The molecule has 1 fully saturated rings. The highest BCUT2D eigenvalue weighted by Crippen LogP contribution is 2.59. The molecule has 2 aliphatic carbocycles. The fourth-order valence-corrected chi connectivity index (χ4v) is 3.92. The van der Waals surface area contributed by atoms with Gasteiger partial charge in [-0.15, -0.1) is 11.6 Å². The Bertz CT molecular complexity index is 332. The zero-order chi connectivity index (χ0) is 12.0. The molecule has 1 spiro atoms. The summed E-state index contributed by atoms with van der Waals surface area (Å²) in [5, 5.41) is 9.99. The minimum absolute atomic E-state index is 0.0830. The van der Waals surface area contributed by atoms with Crippen LogP contribution in [0.1, 0.15) is 39.5 Å². The average molecular weight is 241 g/mol. The van der Waals surface area contributed by atoms with Gasteiger partial charge in [0.2, 0.25) is 0 Å². The summed E-state index contributed by atoms with van der Waals surface area (Å²) in [7, 11) is 0. The number of allylic oxidation sites excluding steroid dienone is 2. The fraction of sp³-hybridized carbons (Fsp3) is 0.714. The molecule has 2 rings (SSSR count). The lowest BCUT2D eigenvalue weighted by atomic mass is 9.51. The third-order valence-electron chi connectivity index (χ3n) is 4.55. The molecule has 0 amide bonds. The van der Waals surface area contributed by atoms with Gasteiger partial charge in [-0.05, 0) is 31.1 Å².